The van der Waals surface area contributed by atoms with E-state index in [4.69, 9.17) is 10.8 Å². The molecule has 0 aromatic heterocycles. The van der Waals surface area contributed by atoms with Gasteiger partial charge in [0.25, 0.3) is 0 Å². The Labute approximate surface area is 97.4 Å². The van der Waals surface area contributed by atoms with Crippen molar-refractivity contribution in [1.29, 1.82) is 0 Å². The third kappa shape index (κ3) is 3.04. The van der Waals surface area contributed by atoms with E-state index < -0.39 is 12.0 Å². The van der Waals surface area contributed by atoms with Crippen molar-refractivity contribution in [3.8, 4) is 0 Å². The van der Waals surface area contributed by atoms with Crippen LogP contribution in [0.15, 0.2) is 16.6 Å². The van der Waals surface area contributed by atoms with E-state index in [9.17, 15) is 4.79 Å². The molecule has 1 unspecified atom stereocenters. The maximum atomic E-state index is 10.6. The molecule has 1 atom stereocenters. The van der Waals surface area contributed by atoms with Crippen LogP contribution in [0.2, 0.25) is 0 Å². The van der Waals surface area contributed by atoms with Gasteiger partial charge in [-0.1, -0.05) is 28.1 Å². The molecule has 0 radical (unpaired) electrons. The van der Waals surface area contributed by atoms with Gasteiger partial charge in [-0.2, -0.15) is 0 Å². The topological polar surface area (TPSA) is 63.3 Å². The zero-order valence-corrected chi connectivity index (χ0v) is 10.3. The van der Waals surface area contributed by atoms with Gasteiger partial charge in [0.15, 0.2) is 0 Å². The molecule has 82 valence electrons. The molecule has 0 saturated carbocycles. The van der Waals surface area contributed by atoms with Gasteiger partial charge in [-0.15, -0.1) is 0 Å². The minimum absolute atomic E-state index is 0.365. The Hall–Kier alpha value is -0.870. The predicted octanol–water partition coefficient (Wildman–Crippen LogP) is 2.02. The lowest BCUT2D eigenvalue weighted by atomic mass is 10.0. The highest BCUT2D eigenvalue weighted by Crippen LogP contribution is 2.22. The third-order valence-corrected chi connectivity index (χ3v) is 3.52. The number of rotatable bonds is 3. The Balaban J connectivity index is 2.92. The monoisotopic (exact) mass is 271 g/mol. The normalized spacial score (nSPS) is 12.5. The minimum atomic E-state index is -0.965. The first-order valence-corrected chi connectivity index (χ1v) is 5.45. The number of carboxylic acid groups (broad SMARTS) is 1. The number of aliphatic carboxylic acids is 1. The van der Waals surface area contributed by atoms with Crippen LogP contribution in [-0.4, -0.2) is 17.1 Å². The summed E-state index contributed by atoms with van der Waals surface area (Å²) in [5.41, 5.74) is 8.64. The highest BCUT2D eigenvalue weighted by molar-refractivity contribution is 9.10. The molecule has 0 amide bonds. The van der Waals surface area contributed by atoms with Crippen LogP contribution in [-0.2, 0) is 11.2 Å². The molecule has 0 bridgehead atoms. The van der Waals surface area contributed by atoms with Gasteiger partial charge < -0.3 is 10.8 Å². The van der Waals surface area contributed by atoms with E-state index in [0.29, 0.717) is 6.42 Å². The Kier molecular flexibility index (Phi) is 3.88. The van der Waals surface area contributed by atoms with Crippen LogP contribution in [0.1, 0.15) is 16.7 Å². The maximum absolute atomic E-state index is 10.6. The van der Waals surface area contributed by atoms with Crippen molar-refractivity contribution in [2.75, 3.05) is 0 Å². The number of hydrogen-bond donors (Lipinski definition) is 2. The quantitative estimate of drug-likeness (QED) is 0.884. The summed E-state index contributed by atoms with van der Waals surface area (Å²) in [5.74, 6) is -0.965. The molecule has 0 aliphatic carbocycles. The Bertz CT molecular complexity index is 367. The van der Waals surface area contributed by atoms with E-state index in [2.05, 4.69) is 15.9 Å². The van der Waals surface area contributed by atoms with Crippen molar-refractivity contribution in [3.05, 3.63) is 33.3 Å². The lowest BCUT2D eigenvalue weighted by molar-refractivity contribution is -0.138. The van der Waals surface area contributed by atoms with E-state index in [1.54, 1.807) is 0 Å². The van der Waals surface area contributed by atoms with Crippen molar-refractivity contribution in [1.82, 2.24) is 0 Å². The van der Waals surface area contributed by atoms with E-state index in [1.807, 2.05) is 26.0 Å². The molecular weight excluding hydrogens is 258 g/mol. The molecule has 0 spiro atoms. The SMILES string of the molecule is Cc1cc(CC(N)C(=O)O)cc(C)c1Br. The smallest absolute Gasteiger partial charge is 0.320 e. The molecule has 0 fully saturated rings. The van der Waals surface area contributed by atoms with Gasteiger partial charge in [0.2, 0.25) is 0 Å². The molecule has 0 saturated heterocycles. The lowest BCUT2D eigenvalue weighted by Gasteiger charge is -2.10. The summed E-state index contributed by atoms with van der Waals surface area (Å²) < 4.78 is 1.06. The molecule has 1 rings (SSSR count). The van der Waals surface area contributed by atoms with E-state index in [1.165, 1.54) is 0 Å². The number of carboxylic acids is 1. The van der Waals surface area contributed by atoms with Gasteiger partial charge >= 0.3 is 5.97 Å². The summed E-state index contributed by atoms with van der Waals surface area (Å²) >= 11 is 3.46. The number of hydrogen-bond acceptors (Lipinski definition) is 2. The van der Waals surface area contributed by atoms with Crippen molar-refractivity contribution < 1.29 is 9.90 Å². The second-order valence-electron chi connectivity index (χ2n) is 3.69. The van der Waals surface area contributed by atoms with Crippen molar-refractivity contribution >= 4 is 21.9 Å². The summed E-state index contributed by atoms with van der Waals surface area (Å²) in [5, 5.41) is 8.70. The Morgan fingerprint density at radius 1 is 1.47 bits per heavy atom. The van der Waals surface area contributed by atoms with Crippen LogP contribution in [0.3, 0.4) is 0 Å². The molecule has 0 aliphatic heterocycles. The summed E-state index contributed by atoms with van der Waals surface area (Å²) in [4.78, 5) is 10.6. The van der Waals surface area contributed by atoms with Gasteiger partial charge in [-0.3, -0.25) is 4.79 Å². The molecule has 4 heteroatoms. The number of aryl methyl sites for hydroxylation is 2. The van der Waals surface area contributed by atoms with Gasteiger partial charge in [-0.25, -0.2) is 0 Å². The first-order chi connectivity index (χ1) is 6.91. The second-order valence-corrected chi connectivity index (χ2v) is 4.49. The van der Waals surface area contributed by atoms with Crippen LogP contribution in [0, 0.1) is 13.8 Å². The predicted molar refractivity (Wildman–Crippen MR) is 62.9 cm³/mol. The average molecular weight is 272 g/mol. The van der Waals surface area contributed by atoms with Gasteiger partial charge in [0, 0.05) is 4.47 Å². The van der Waals surface area contributed by atoms with E-state index >= 15 is 0 Å². The molecule has 1 aromatic carbocycles. The van der Waals surface area contributed by atoms with Crippen molar-refractivity contribution in [2.24, 2.45) is 5.73 Å². The minimum Gasteiger partial charge on any atom is -0.480 e. The number of carbonyl (C=O) groups is 1. The average Bonchev–Trinajstić information content (AvgIpc) is 2.13. The molecule has 0 aliphatic rings. The van der Waals surface area contributed by atoms with Gasteiger partial charge in [0.1, 0.15) is 6.04 Å². The van der Waals surface area contributed by atoms with Crippen molar-refractivity contribution in [2.45, 2.75) is 26.3 Å². The van der Waals surface area contributed by atoms with Crippen LogP contribution >= 0.6 is 15.9 Å². The van der Waals surface area contributed by atoms with Gasteiger partial charge in [-0.05, 0) is 37.0 Å². The fraction of sp³-hybridized carbons (Fsp3) is 0.364. The number of benzene rings is 1. The van der Waals surface area contributed by atoms with Gasteiger partial charge in [0.05, 0.1) is 0 Å². The summed E-state index contributed by atoms with van der Waals surface area (Å²) in [6, 6.07) is 3.09. The number of nitrogens with two attached hydrogens (primary N) is 1. The van der Waals surface area contributed by atoms with E-state index in [-0.39, 0.29) is 0 Å². The highest BCUT2D eigenvalue weighted by Gasteiger charge is 2.13. The van der Waals surface area contributed by atoms with Crippen LogP contribution < -0.4 is 5.73 Å². The fourth-order valence-electron chi connectivity index (χ4n) is 1.49. The maximum Gasteiger partial charge on any atom is 0.320 e. The summed E-state index contributed by atoms with van der Waals surface area (Å²) in [7, 11) is 0. The summed E-state index contributed by atoms with van der Waals surface area (Å²) in [6.45, 7) is 3.96. The molecule has 0 heterocycles. The zero-order valence-electron chi connectivity index (χ0n) is 8.75. The van der Waals surface area contributed by atoms with Crippen LogP contribution in [0.25, 0.3) is 0 Å². The third-order valence-electron chi connectivity index (χ3n) is 2.27. The molecule has 3 nitrogen and oxygen atoms in total. The Morgan fingerprint density at radius 2 is 1.93 bits per heavy atom. The molecule has 3 N–H and O–H groups in total. The second kappa shape index (κ2) is 4.77. The van der Waals surface area contributed by atoms with Crippen LogP contribution in [0.5, 0.6) is 0 Å². The molecular formula is C11H14BrNO2. The fourth-order valence-corrected chi connectivity index (χ4v) is 1.72. The van der Waals surface area contributed by atoms with Crippen molar-refractivity contribution in [3.63, 3.8) is 0 Å². The largest absolute Gasteiger partial charge is 0.480 e. The standard InChI is InChI=1S/C11H14BrNO2/c1-6-3-8(4-7(2)10(6)12)5-9(13)11(14)15/h3-4,9H,5,13H2,1-2H3,(H,14,15). The molecule has 15 heavy (non-hydrogen) atoms. The first kappa shape index (κ1) is 12.2. The highest BCUT2D eigenvalue weighted by atomic mass is 79.9. The zero-order chi connectivity index (χ0) is 11.6. The Morgan fingerprint density at radius 3 is 2.33 bits per heavy atom. The lowest BCUT2D eigenvalue weighted by Crippen LogP contribution is -2.32. The van der Waals surface area contributed by atoms with E-state index in [0.717, 1.165) is 21.2 Å². The first-order valence-electron chi connectivity index (χ1n) is 4.66. The molecule has 1 aromatic rings. The number of halogens is 1. The summed E-state index contributed by atoms with van der Waals surface area (Å²) in [6.07, 6.45) is 0.365. The van der Waals surface area contributed by atoms with Crippen LogP contribution in [0.4, 0.5) is 0 Å².